The molecule has 0 aromatic heterocycles. The Labute approximate surface area is 114 Å². The maximum atomic E-state index is 12.2. The van der Waals surface area contributed by atoms with E-state index in [0.717, 1.165) is 12.1 Å². The molecule has 98 valence electrons. The summed E-state index contributed by atoms with van der Waals surface area (Å²) in [6.07, 6.45) is 1.52. The van der Waals surface area contributed by atoms with Gasteiger partial charge in [0.1, 0.15) is 0 Å². The van der Waals surface area contributed by atoms with E-state index in [1.54, 1.807) is 6.92 Å². The van der Waals surface area contributed by atoms with Gasteiger partial charge in [0, 0.05) is 5.69 Å². The van der Waals surface area contributed by atoms with Crippen molar-refractivity contribution in [3.63, 3.8) is 0 Å². The number of benzene rings is 1. The Morgan fingerprint density at radius 1 is 1.44 bits per heavy atom. The minimum absolute atomic E-state index is 0.147. The number of carbonyl (C=O) groups excluding carboxylic acids is 1. The van der Waals surface area contributed by atoms with E-state index in [1.165, 1.54) is 5.56 Å². The number of anilines is 1. The lowest BCUT2D eigenvalue weighted by atomic mass is 9.86. The van der Waals surface area contributed by atoms with E-state index in [-0.39, 0.29) is 10.9 Å². The minimum Gasteiger partial charge on any atom is -0.392 e. The molecule has 0 aliphatic rings. The van der Waals surface area contributed by atoms with Gasteiger partial charge < -0.3 is 11.1 Å². The van der Waals surface area contributed by atoms with Crippen LogP contribution in [-0.4, -0.2) is 10.9 Å². The van der Waals surface area contributed by atoms with E-state index in [9.17, 15) is 4.79 Å². The predicted octanol–water partition coefficient (Wildman–Crippen LogP) is 2.89. The first kappa shape index (κ1) is 14.6. The zero-order valence-corrected chi connectivity index (χ0v) is 11.9. The van der Waals surface area contributed by atoms with Crippen LogP contribution >= 0.6 is 12.2 Å². The van der Waals surface area contributed by atoms with Crippen molar-refractivity contribution >= 4 is 28.8 Å². The van der Waals surface area contributed by atoms with Gasteiger partial charge in [-0.15, -0.1) is 0 Å². The predicted molar refractivity (Wildman–Crippen MR) is 79.6 cm³/mol. The van der Waals surface area contributed by atoms with Gasteiger partial charge in [-0.3, -0.25) is 4.79 Å². The van der Waals surface area contributed by atoms with Gasteiger partial charge in [0.05, 0.1) is 10.4 Å². The van der Waals surface area contributed by atoms with Gasteiger partial charge in [0.15, 0.2) is 0 Å². The summed E-state index contributed by atoms with van der Waals surface area (Å²) in [7, 11) is 0. The van der Waals surface area contributed by atoms with Crippen molar-refractivity contribution < 1.29 is 4.79 Å². The summed E-state index contributed by atoms with van der Waals surface area (Å²) in [4.78, 5) is 12.5. The lowest BCUT2D eigenvalue weighted by Crippen LogP contribution is -2.43. The number of nitrogens with one attached hydrogen (secondary N) is 1. The molecule has 0 aliphatic heterocycles. The fourth-order valence-corrected chi connectivity index (χ4v) is 1.82. The molecule has 18 heavy (non-hydrogen) atoms. The number of hydrogen-bond acceptors (Lipinski definition) is 2. The highest BCUT2D eigenvalue weighted by molar-refractivity contribution is 7.80. The third-order valence-corrected chi connectivity index (χ3v) is 3.80. The fraction of sp³-hybridized carbons (Fsp3) is 0.429. The van der Waals surface area contributed by atoms with E-state index >= 15 is 0 Å². The number of thiocarbonyl (C=S) groups is 1. The highest BCUT2D eigenvalue weighted by atomic mass is 32.1. The molecule has 0 radical (unpaired) electrons. The Hall–Kier alpha value is -1.42. The van der Waals surface area contributed by atoms with Crippen molar-refractivity contribution in [1.82, 2.24) is 0 Å². The molecule has 1 amide bonds. The second-order valence-electron chi connectivity index (χ2n) is 4.56. The Morgan fingerprint density at radius 2 is 2.11 bits per heavy atom. The molecule has 1 unspecified atom stereocenters. The van der Waals surface area contributed by atoms with E-state index in [0.29, 0.717) is 6.42 Å². The maximum Gasteiger partial charge on any atom is 0.237 e. The monoisotopic (exact) mass is 264 g/mol. The van der Waals surface area contributed by atoms with Crippen LogP contribution in [0.25, 0.3) is 0 Å². The fourth-order valence-electron chi connectivity index (χ4n) is 1.58. The number of aryl methyl sites for hydroxylation is 1. The molecule has 0 heterocycles. The number of nitrogens with two attached hydrogens (primary N) is 1. The highest BCUT2D eigenvalue weighted by Crippen LogP contribution is 2.24. The van der Waals surface area contributed by atoms with Gasteiger partial charge in [-0.05, 0) is 37.5 Å². The zero-order valence-electron chi connectivity index (χ0n) is 11.1. The molecule has 0 aliphatic carbocycles. The van der Waals surface area contributed by atoms with E-state index in [2.05, 4.69) is 12.2 Å². The first-order valence-electron chi connectivity index (χ1n) is 6.14. The molecule has 1 aromatic carbocycles. The van der Waals surface area contributed by atoms with Crippen LogP contribution in [0.2, 0.25) is 0 Å². The average molecular weight is 264 g/mol. The van der Waals surface area contributed by atoms with Crippen LogP contribution in [0, 0.1) is 5.41 Å². The maximum absolute atomic E-state index is 12.2. The van der Waals surface area contributed by atoms with Gasteiger partial charge in [-0.2, -0.15) is 0 Å². The van der Waals surface area contributed by atoms with Crippen LogP contribution in [0.5, 0.6) is 0 Å². The largest absolute Gasteiger partial charge is 0.392 e. The van der Waals surface area contributed by atoms with Crippen LogP contribution in [0.1, 0.15) is 32.8 Å². The van der Waals surface area contributed by atoms with Gasteiger partial charge >= 0.3 is 0 Å². The lowest BCUT2D eigenvalue weighted by molar-refractivity contribution is -0.121. The molecule has 1 atom stereocenters. The number of carbonyl (C=O) groups is 1. The minimum atomic E-state index is -0.794. The Bertz CT molecular complexity index is 459. The zero-order chi connectivity index (χ0) is 13.8. The third-order valence-electron chi connectivity index (χ3n) is 3.35. The van der Waals surface area contributed by atoms with E-state index in [1.807, 2.05) is 31.2 Å². The second kappa shape index (κ2) is 5.96. The van der Waals surface area contributed by atoms with E-state index < -0.39 is 5.41 Å². The van der Waals surface area contributed by atoms with Gasteiger partial charge in [0.25, 0.3) is 0 Å². The number of amides is 1. The lowest BCUT2D eigenvalue weighted by Gasteiger charge is -2.25. The van der Waals surface area contributed by atoms with Crippen LogP contribution in [0.15, 0.2) is 24.3 Å². The number of hydrogen-bond donors (Lipinski definition) is 2. The average Bonchev–Trinajstić information content (AvgIpc) is 2.37. The standard InChI is InChI=1S/C14H20N2OS/c1-4-10-7-6-8-11(9-10)16-13(17)14(3,5-2)12(15)18/h6-9H,4-5H2,1-3H3,(H2,15,18)(H,16,17). The summed E-state index contributed by atoms with van der Waals surface area (Å²) in [5.74, 6) is -0.147. The van der Waals surface area contributed by atoms with Gasteiger partial charge in [0.2, 0.25) is 5.91 Å². The van der Waals surface area contributed by atoms with Crippen molar-refractivity contribution in [1.29, 1.82) is 0 Å². The quantitative estimate of drug-likeness (QED) is 0.804. The molecule has 0 spiro atoms. The van der Waals surface area contributed by atoms with Crippen LogP contribution in [-0.2, 0) is 11.2 Å². The number of rotatable bonds is 5. The van der Waals surface area contributed by atoms with E-state index in [4.69, 9.17) is 18.0 Å². The normalized spacial score (nSPS) is 13.7. The first-order valence-corrected chi connectivity index (χ1v) is 6.55. The molecule has 3 nitrogen and oxygen atoms in total. The molecule has 4 heteroatoms. The summed E-state index contributed by atoms with van der Waals surface area (Å²) < 4.78 is 0. The Balaban J connectivity index is 2.89. The first-order chi connectivity index (χ1) is 8.43. The van der Waals surface area contributed by atoms with Crippen molar-refractivity contribution in [2.45, 2.75) is 33.6 Å². The highest BCUT2D eigenvalue weighted by Gasteiger charge is 2.34. The SMILES string of the molecule is CCc1cccc(NC(=O)C(C)(CC)C(N)=S)c1. The molecule has 3 N–H and O–H groups in total. The Morgan fingerprint density at radius 3 is 2.61 bits per heavy atom. The second-order valence-corrected chi connectivity index (χ2v) is 5.00. The summed E-state index contributed by atoms with van der Waals surface area (Å²) in [6, 6.07) is 7.79. The smallest absolute Gasteiger partial charge is 0.237 e. The van der Waals surface area contributed by atoms with Crippen LogP contribution in [0.3, 0.4) is 0 Å². The molecular formula is C14H20N2OS. The van der Waals surface area contributed by atoms with Crippen LogP contribution < -0.4 is 11.1 Å². The molecule has 0 bridgehead atoms. The van der Waals surface area contributed by atoms with Crippen molar-refractivity contribution in [2.24, 2.45) is 11.1 Å². The van der Waals surface area contributed by atoms with Crippen LogP contribution in [0.4, 0.5) is 5.69 Å². The summed E-state index contributed by atoms with van der Waals surface area (Å²) in [5.41, 5.74) is 6.84. The summed E-state index contributed by atoms with van der Waals surface area (Å²) >= 11 is 4.99. The molecular weight excluding hydrogens is 244 g/mol. The van der Waals surface area contributed by atoms with Crippen molar-refractivity contribution in [2.75, 3.05) is 5.32 Å². The molecule has 0 fully saturated rings. The topological polar surface area (TPSA) is 55.1 Å². The summed E-state index contributed by atoms with van der Waals surface area (Å²) in [5, 5.41) is 2.88. The molecule has 1 aromatic rings. The van der Waals surface area contributed by atoms with Gasteiger partial charge in [-0.1, -0.05) is 38.2 Å². The molecule has 1 rings (SSSR count). The summed E-state index contributed by atoms with van der Waals surface area (Å²) in [6.45, 7) is 5.75. The van der Waals surface area contributed by atoms with Crippen molar-refractivity contribution in [3.8, 4) is 0 Å². The molecule has 0 saturated heterocycles. The third kappa shape index (κ3) is 3.07. The Kier molecular flexibility index (Phi) is 4.84. The van der Waals surface area contributed by atoms with Gasteiger partial charge in [-0.25, -0.2) is 0 Å². The van der Waals surface area contributed by atoms with Crippen molar-refractivity contribution in [3.05, 3.63) is 29.8 Å². The molecule has 0 saturated carbocycles.